The fourth-order valence-electron chi connectivity index (χ4n) is 3.06. The molecule has 0 bridgehead atoms. The van der Waals surface area contributed by atoms with Gasteiger partial charge in [0.05, 0.1) is 16.3 Å². The minimum Gasteiger partial charge on any atom is -0.445 e. The van der Waals surface area contributed by atoms with Crippen molar-refractivity contribution in [2.45, 2.75) is 18.7 Å². The average molecular weight is 403 g/mol. The van der Waals surface area contributed by atoms with E-state index in [1.165, 1.54) is 11.3 Å². The van der Waals surface area contributed by atoms with Crippen LogP contribution < -0.4 is 11.1 Å². The van der Waals surface area contributed by atoms with Crippen molar-refractivity contribution in [1.82, 2.24) is 9.88 Å². The van der Waals surface area contributed by atoms with Gasteiger partial charge in [0.2, 0.25) is 0 Å². The van der Waals surface area contributed by atoms with Crippen molar-refractivity contribution in [3.8, 4) is 0 Å². The number of carbonyl (C=O) groups excluding carboxylic acids is 1. The summed E-state index contributed by atoms with van der Waals surface area (Å²) in [5.41, 5.74) is 8.07. The minimum atomic E-state index is -0.352. The first-order chi connectivity index (χ1) is 13.1. The van der Waals surface area contributed by atoms with Gasteiger partial charge in [0.1, 0.15) is 6.61 Å². The molecule has 2 atom stereocenters. The molecule has 1 aliphatic heterocycles. The Labute approximate surface area is 165 Å². The highest BCUT2D eigenvalue weighted by molar-refractivity contribution is 7.22. The Hall–Kier alpha value is -2.35. The van der Waals surface area contributed by atoms with E-state index in [1.807, 2.05) is 48.5 Å². The molecule has 2 unspecified atom stereocenters. The summed E-state index contributed by atoms with van der Waals surface area (Å²) in [5.74, 6) is 0. The lowest BCUT2D eigenvalue weighted by Crippen LogP contribution is -2.38. The topological polar surface area (TPSA) is 80.5 Å². The molecule has 3 N–H and O–H groups in total. The van der Waals surface area contributed by atoms with E-state index in [0.29, 0.717) is 18.1 Å². The third-order valence-electron chi connectivity index (χ3n) is 4.49. The number of hydrogen-bond acceptors (Lipinski definition) is 6. The molecule has 8 heteroatoms. The zero-order valence-corrected chi connectivity index (χ0v) is 16.0. The maximum absolute atomic E-state index is 12.3. The molecular formula is C19H19ClN4O2S. The first kappa shape index (κ1) is 18.0. The molecule has 0 aliphatic carbocycles. The molecule has 1 aromatic heterocycles. The van der Waals surface area contributed by atoms with Crippen molar-refractivity contribution in [3.05, 3.63) is 59.1 Å². The second kappa shape index (κ2) is 7.72. The minimum absolute atomic E-state index is 0.0784. The Bertz CT molecular complexity index is 949. The Morgan fingerprint density at radius 2 is 2.11 bits per heavy atom. The zero-order valence-electron chi connectivity index (χ0n) is 14.5. The number of ether oxygens (including phenoxy) is 1. The van der Waals surface area contributed by atoms with Crippen molar-refractivity contribution in [2.75, 3.05) is 18.4 Å². The summed E-state index contributed by atoms with van der Waals surface area (Å²) in [6.45, 7) is 1.18. The summed E-state index contributed by atoms with van der Waals surface area (Å²) in [4.78, 5) is 18.5. The molecule has 140 valence electrons. The SMILES string of the molecule is NC1CN(C(=O)OCc2ccccc2)CC1Nc1nc2ccc(Cl)cc2s1. The van der Waals surface area contributed by atoms with Crippen LogP contribution in [0, 0.1) is 0 Å². The number of benzene rings is 2. The van der Waals surface area contributed by atoms with Crippen molar-refractivity contribution in [3.63, 3.8) is 0 Å². The molecule has 2 heterocycles. The standard InChI is InChI=1S/C19H19ClN4O2S/c20-13-6-7-15-17(8-13)27-18(22-15)23-16-10-24(9-14(16)21)19(25)26-11-12-4-2-1-3-5-12/h1-8,14,16H,9-11,21H2,(H,22,23). The van der Waals surface area contributed by atoms with Crippen LogP contribution >= 0.6 is 22.9 Å². The van der Waals surface area contributed by atoms with E-state index in [4.69, 9.17) is 22.1 Å². The van der Waals surface area contributed by atoms with E-state index in [-0.39, 0.29) is 24.8 Å². The van der Waals surface area contributed by atoms with E-state index in [2.05, 4.69) is 10.3 Å². The number of likely N-dealkylation sites (tertiary alicyclic amines) is 1. The van der Waals surface area contributed by atoms with E-state index in [1.54, 1.807) is 4.90 Å². The van der Waals surface area contributed by atoms with Gasteiger partial charge in [0, 0.05) is 24.2 Å². The van der Waals surface area contributed by atoms with Gasteiger partial charge >= 0.3 is 6.09 Å². The van der Waals surface area contributed by atoms with Gasteiger partial charge in [-0.05, 0) is 23.8 Å². The Morgan fingerprint density at radius 1 is 1.30 bits per heavy atom. The number of nitrogens with one attached hydrogen (secondary N) is 1. The summed E-state index contributed by atoms with van der Waals surface area (Å²) in [6, 6.07) is 14.9. The van der Waals surface area contributed by atoms with Gasteiger partial charge in [-0.15, -0.1) is 0 Å². The van der Waals surface area contributed by atoms with Gasteiger partial charge in [0.15, 0.2) is 5.13 Å². The fraction of sp³-hybridized carbons (Fsp3) is 0.263. The summed E-state index contributed by atoms with van der Waals surface area (Å²) < 4.78 is 6.41. The van der Waals surface area contributed by atoms with E-state index >= 15 is 0 Å². The van der Waals surface area contributed by atoms with E-state index < -0.39 is 0 Å². The molecule has 1 aliphatic rings. The van der Waals surface area contributed by atoms with Crippen LogP contribution in [-0.4, -0.2) is 41.2 Å². The van der Waals surface area contributed by atoms with E-state index in [9.17, 15) is 4.79 Å². The lowest BCUT2D eigenvalue weighted by molar-refractivity contribution is 0.104. The second-order valence-electron chi connectivity index (χ2n) is 6.49. The Balaban J connectivity index is 1.36. The quantitative estimate of drug-likeness (QED) is 0.695. The van der Waals surface area contributed by atoms with Crippen LogP contribution in [-0.2, 0) is 11.3 Å². The summed E-state index contributed by atoms with van der Waals surface area (Å²) >= 11 is 7.55. The maximum Gasteiger partial charge on any atom is 0.410 e. The molecule has 6 nitrogen and oxygen atoms in total. The average Bonchev–Trinajstić information content (AvgIpc) is 3.23. The molecule has 2 aromatic carbocycles. The van der Waals surface area contributed by atoms with E-state index in [0.717, 1.165) is 20.9 Å². The van der Waals surface area contributed by atoms with Crippen molar-refractivity contribution in [1.29, 1.82) is 0 Å². The number of carbonyl (C=O) groups is 1. The normalized spacial score (nSPS) is 19.4. The predicted molar refractivity (Wildman–Crippen MR) is 108 cm³/mol. The third kappa shape index (κ3) is 4.16. The number of fused-ring (bicyclic) bond motifs is 1. The third-order valence-corrected chi connectivity index (χ3v) is 5.67. The highest BCUT2D eigenvalue weighted by Crippen LogP contribution is 2.29. The number of amides is 1. The molecule has 0 spiro atoms. The number of thiazole rings is 1. The molecule has 0 saturated carbocycles. The lowest BCUT2D eigenvalue weighted by Gasteiger charge is -2.16. The highest BCUT2D eigenvalue weighted by Gasteiger charge is 2.34. The Morgan fingerprint density at radius 3 is 2.93 bits per heavy atom. The van der Waals surface area contributed by atoms with Crippen molar-refractivity contribution < 1.29 is 9.53 Å². The van der Waals surface area contributed by atoms with Gasteiger partial charge in [-0.1, -0.05) is 53.3 Å². The number of aromatic nitrogens is 1. The molecule has 1 saturated heterocycles. The van der Waals surface area contributed by atoms with Crippen molar-refractivity contribution >= 4 is 44.4 Å². The maximum atomic E-state index is 12.3. The number of nitrogens with zero attached hydrogens (tertiary/aromatic N) is 2. The van der Waals surface area contributed by atoms with Crippen LogP contribution in [0.15, 0.2) is 48.5 Å². The summed E-state index contributed by atoms with van der Waals surface area (Å²) in [6.07, 6.45) is -0.352. The molecular weight excluding hydrogens is 384 g/mol. The monoisotopic (exact) mass is 402 g/mol. The van der Waals surface area contributed by atoms with Crippen LogP contribution in [0.2, 0.25) is 5.02 Å². The van der Waals surface area contributed by atoms with Crippen LogP contribution in [0.3, 0.4) is 0 Å². The second-order valence-corrected chi connectivity index (χ2v) is 7.96. The first-order valence-corrected chi connectivity index (χ1v) is 9.82. The van der Waals surface area contributed by atoms with Crippen LogP contribution in [0.5, 0.6) is 0 Å². The zero-order chi connectivity index (χ0) is 18.8. The fourth-order valence-corrected chi connectivity index (χ4v) is 4.26. The van der Waals surface area contributed by atoms with Crippen LogP contribution in [0.1, 0.15) is 5.56 Å². The number of rotatable bonds is 4. The Kier molecular flexibility index (Phi) is 5.15. The van der Waals surface area contributed by atoms with Crippen LogP contribution in [0.25, 0.3) is 10.2 Å². The van der Waals surface area contributed by atoms with Gasteiger partial charge in [-0.3, -0.25) is 0 Å². The van der Waals surface area contributed by atoms with Gasteiger partial charge in [0.25, 0.3) is 0 Å². The molecule has 1 amide bonds. The molecule has 1 fully saturated rings. The largest absolute Gasteiger partial charge is 0.445 e. The first-order valence-electron chi connectivity index (χ1n) is 8.62. The molecule has 27 heavy (non-hydrogen) atoms. The molecule has 3 aromatic rings. The number of hydrogen-bond donors (Lipinski definition) is 2. The smallest absolute Gasteiger partial charge is 0.410 e. The summed E-state index contributed by atoms with van der Waals surface area (Å²) in [7, 11) is 0. The van der Waals surface area contributed by atoms with Gasteiger partial charge < -0.3 is 20.7 Å². The predicted octanol–water partition coefficient (Wildman–Crippen LogP) is 3.71. The number of anilines is 1. The van der Waals surface area contributed by atoms with Crippen molar-refractivity contribution in [2.24, 2.45) is 5.73 Å². The number of nitrogens with two attached hydrogens (primary N) is 1. The van der Waals surface area contributed by atoms with Gasteiger partial charge in [-0.2, -0.15) is 0 Å². The molecule has 0 radical (unpaired) electrons. The molecule has 4 rings (SSSR count). The van der Waals surface area contributed by atoms with Crippen LogP contribution in [0.4, 0.5) is 9.93 Å². The summed E-state index contributed by atoms with van der Waals surface area (Å²) in [5, 5.41) is 4.80. The lowest BCUT2D eigenvalue weighted by atomic mass is 10.2. The highest BCUT2D eigenvalue weighted by atomic mass is 35.5. The van der Waals surface area contributed by atoms with Gasteiger partial charge in [-0.25, -0.2) is 9.78 Å². The number of halogens is 1.